The van der Waals surface area contributed by atoms with Crippen molar-refractivity contribution >= 4 is 33.8 Å². The minimum absolute atomic E-state index is 0.0153. The molecule has 6 heteroatoms. The molecule has 0 unspecified atom stereocenters. The zero-order chi connectivity index (χ0) is 13.1. The minimum atomic E-state index is -0.0773. The van der Waals surface area contributed by atoms with Crippen LogP contribution >= 0.6 is 22.9 Å². The average molecular weight is 281 g/mol. The molecular weight excluding hydrogens is 266 g/mol. The Balaban J connectivity index is 2.15. The van der Waals surface area contributed by atoms with Crippen molar-refractivity contribution < 1.29 is 4.79 Å². The highest BCUT2D eigenvalue weighted by atomic mass is 32.1. The summed E-state index contributed by atoms with van der Waals surface area (Å²) in [7, 11) is 1.80. The average Bonchev–Trinajstić information content (AvgIpc) is 2.97. The molecule has 0 radical (unpaired) electrons. The quantitative estimate of drug-likeness (QED) is 0.905. The van der Waals surface area contributed by atoms with Gasteiger partial charge < -0.3 is 10.6 Å². The molecule has 2 N–H and O–H groups in total. The molecule has 96 valence electrons. The van der Waals surface area contributed by atoms with Crippen molar-refractivity contribution in [3.05, 3.63) is 33.6 Å². The Morgan fingerprint density at radius 3 is 2.89 bits per heavy atom. The maximum atomic E-state index is 12.2. The summed E-state index contributed by atoms with van der Waals surface area (Å²) in [6.45, 7) is 3.83. The largest absolute Gasteiger partial charge is 0.378 e. The van der Waals surface area contributed by atoms with E-state index in [4.69, 9.17) is 0 Å². The fourth-order valence-corrected chi connectivity index (χ4v) is 3.16. The van der Waals surface area contributed by atoms with Gasteiger partial charge in [-0.1, -0.05) is 6.07 Å². The highest BCUT2D eigenvalue weighted by Crippen LogP contribution is 2.25. The summed E-state index contributed by atoms with van der Waals surface area (Å²) in [5.41, 5.74) is 1.41. The molecule has 2 aromatic rings. The van der Waals surface area contributed by atoms with Gasteiger partial charge >= 0.3 is 0 Å². The Bertz CT molecular complexity index is 534. The topological polar surface area (TPSA) is 54.0 Å². The molecular formula is C12H15N3OS2. The third kappa shape index (κ3) is 2.54. The van der Waals surface area contributed by atoms with Gasteiger partial charge in [0.25, 0.3) is 5.91 Å². The van der Waals surface area contributed by atoms with E-state index in [1.807, 2.05) is 31.4 Å². The van der Waals surface area contributed by atoms with Crippen LogP contribution in [0.1, 0.15) is 33.9 Å². The number of rotatable bonds is 4. The van der Waals surface area contributed by atoms with E-state index in [0.717, 1.165) is 15.6 Å². The first-order chi connectivity index (χ1) is 8.63. The zero-order valence-electron chi connectivity index (χ0n) is 10.5. The third-order valence-corrected chi connectivity index (χ3v) is 4.65. The van der Waals surface area contributed by atoms with Crippen LogP contribution in [-0.4, -0.2) is 17.3 Å². The Kier molecular flexibility index (Phi) is 3.98. The van der Waals surface area contributed by atoms with Crippen LogP contribution in [0.15, 0.2) is 17.5 Å². The van der Waals surface area contributed by atoms with Crippen LogP contribution < -0.4 is 10.6 Å². The van der Waals surface area contributed by atoms with Crippen molar-refractivity contribution in [2.45, 2.75) is 19.9 Å². The van der Waals surface area contributed by atoms with Crippen molar-refractivity contribution in [2.75, 3.05) is 12.4 Å². The molecule has 0 spiro atoms. The fourth-order valence-electron chi connectivity index (χ4n) is 1.69. The summed E-state index contributed by atoms with van der Waals surface area (Å²) < 4.78 is 4.20. The lowest BCUT2D eigenvalue weighted by molar-refractivity contribution is 0.0941. The van der Waals surface area contributed by atoms with Crippen LogP contribution in [0.3, 0.4) is 0 Å². The maximum absolute atomic E-state index is 12.2. The molecule has 0 aliphatic heterocycles. The van der Waals surface area contributed by atoms with Crippen molar-refractivity contribution in [3.8, 4) is 0 Å². The number of aryl methyl sites for hydroxylation is 1. The lowest BCUT2D eigenvalue weighted by Crippen LogP contribution is -2.26. The molecule has 2 rings (SSSR count). The van der Waals surface area contributed by atoms with Gasteiger partial charge in [0.05, 0.1) is 17.3 Å². The number of thiophene rings is 1. The fraction of sp³-hybridized carbons (Fsp3) is 0.333. The number of nitrogens with zero attached hydrogens (tertiary/aromatic N) is 1. The number of carbonyl (C=O) groups excluding carboxylic acids is 1. The van der Waals surface area contributed by atoms with Crippen molar-refractivity contribution in [1.29, 1.82) is 0 Å². The molecule has 1 atom stereocenters. The zero-order valence-corrected chi connectivity index (χ0v) is 12.1. The van der Waals surface area contributed by atoms with Gasteiger partial charge in [-0.2, -0.15) is 4.37 Å². The van der Waals surface area contributed by atoms with Crippen LogP contribution in [0.5, 0.6) is 0 Å². The number of anilines is 1. The van der Waals surface area contributed by atoms with Gasteiger partial charge in [-0.05, 0) is 36.8 Å². The van der Waals surface area contributed by atoms with E-state index in [-0.39, 0.29) is 11.9 Å². The van der Waals surface area contributed by atoms with Crippen LogP contribution in [0.2, 0.25) is 0 Å². The normalized spacial score (nSPS) is 12.2. The summed E-state index contributed by atoms with van der Waals surface area (Å²) >= 11 is 2.95. The molecule has 0 aromatic carbocycles. The summed E-state index contributed by atoms with van der Waals surface area (Å²) in [6, 6.07) is 4.02. The number of carbonyl (C=O) groups is 1. The molecule has 0 saturated carbocycles. The molecule has 0 saturated heterocycles. The van der Waals surface area contributed by atoms with Crippen molar-refractivity contribution in [1.82, 2.24) is 9.69 Å². The number of hydrogen-bond acceptors (Lipinski definition) is 5. The van der Waals surface area contributed by atoms with Crippen LogP contribution in [0.4, 0.5) is 5.00 Å². The molecule has 0 bridgehead atoms. The van der Waals surface area contributed by atoms with E-state index in [0.29, 0.717) is 5.56 Å². The Labute approximate surface area is 114 Å². The molecule has 4 nitrogen and oxygen atoms in total. The number of nitrogens with one attached hydrogen (secondary N) is 2. The Hall–Kier alpha value is -1.40. The molecule has 1 amide bonds. The highest BCUT2D eigenvalue weighted by molar-refractivity contribution is 7.10. The SMILES string of the molecule is CNc1snc(C)c1C(=O)N[C@@H](C)c1cccs1. The van der Waals surface area contributed by atoms with Gasteiger partial charge in [-0.25, -0.2) is 0 Å². The smallest absolute Gasteiger partial charge is 0.256 e. The van der Waals surface area contributed by atoms with E-state index in [1.54, 1.807) is 18.4 Å². The lowest BCUT2D eigenvalue weighted by Gasteiger charge is -2.12. The van der Waals surface area contributed by atoms with Gasteiger partial charge in [0.1, 0.15) is 5.00 Å². The Morgan fingerprint density at radius 2 is 2.28 bits per heavy atom. The van der Waals surface area contributed by atoms with Gasteiger partial charge in [0.15, 0.2) is 0 Å². The highest BCUT2D eigenvalue weighted by Gasteiger charge is 2.19. The number of hydrogen-bond donors (Lipinski definition) is 2. The summed E-state index contributed by atoms with van der Waals surface area (Å²) in [5, 5.41) is 8.82. The van der Waals surface area contributed by atoms with E-state index < -0.39 is 0 Å². The molecule has 2 aromatic heterocycles. The first kappa shape index (κ1) is 13.0. The molecule has 0 aliphatic carbocycles. The van der Waals surface area contributed by atoms with Crippen LogP contribution in [-0.2, 0) is 0 Å². The van der Waals surface area contributed by atoms with Crippen molar-refractivity contribution in [3.63, 3.8) is 0 Å². The maximum Gasteiger partial charge on any atom is 0.256 e. The van der Waals surface area contributed by atoms with Crippen LogP contribution in [0.25, 0.3) is 0 Å². The predicted molar refractivity (Wildman–Crippen MR) is 76.6 cm³/mol. The summed E-state index contributed by atoms with van der Waals surface area (Å²) in [5.74, 6) is -0.0773. The molecule has 2 heterocycles. The molecule has 0 fully saturated rings. The van der Waals surface area contributed by atoms with Gasteiger partial charge in [0.2, 0.25) is 0 Å². The van der Waals surface area contributed by atoms with Gasteiger partial charge in [-0.15, -0.1) is 11.3 Å². The first-order valence-corrected chi connectivity index (χ1v) is 7.27. The van der Waals surface area contributed by atoms with E-state index in [1.165, 1.54) is 11.5 Å². The van der Waals surface area contributed by atoms with E-state index in [9.17, 15) is 4.79 Å². The number of aromatic nitrogens is 1. The third-order valence-electron chi connectivity index (χ3n) is 2.63. The molecule has 0 aliphatic rings. The van der Waals surface area contributed by atoms with Crippen LogP contribution in [0, 0.1) is 6.92 Å². The number of amides is 1. The first-order valence-electron chi connectivity index (χ1n) is 5.61. The standard InChI is InChI=1S/C12H15N3OS2/c1-7(9-5-4-6-17-9)14-11(16)10-8(2)15-18-12(10)13-3/h4-7,13H,1-3H3,(H,14,16)/t7-/m0/s1. The van der Waals surface area contributed by atoms with Gasteiger partial charge in [0, 0.05) is 11.9 Å². The predicted octanol–water partition coefficient (Wildman–Crippen LogP) is 3.05. The summed E-state index contributed by atoms with van der Waals surface area (Å²) in [6.07, 6.45) is 0. The lowest BCUT2D eigenvalue weighted by atomic mass is 10.2. The monoisotopic (exact) mass is 281 g/mol. The second-order valence-electron chi connectivity index (χ2n) is 3.93. The second kappa shape index (κ2) is 5.49. The summed E-state index contributed by atoms with van der Waals surface area (Å²) in [4.78, 5) is 13.4. The van der Waals surface area contributed by atoms with Crippen molar-refractivity contribution in [2.24, 2.45) is 0 Å². The Morgan fingerprint density at radius 1 is 1.50 bits per heavy atom. The molecule has 18 heavy (non-hydrogen) atoms. The van der Waals surface area contributed by atoms with E-state index in [2.05, 4.69) is 15.0 Å². The minimum Gasteiger partial charge on any atom is -0.378 e. The second-order valence-corrected chi connectivity index (χ2v) is 5.69. The van der Waals surface area contributed by atoms with E-state index >= 15 is 0 Å². The van der Waals surface area contributed by atoms with Gasteiger partial charge in [-0.3, -0.25) is 4.79 Å².